The van der Waals surface area contributed by atoms with Crippen LogP contribution in [0.2, 0.25) is 0 Å². The van der Waals surface area contributed by atoms with Crippen molar-refractivity contribution in [3.8, 4) is 0 Å². The van der Waals surface area contributed by atoms with Crippen molar-refractivity contribution in [2.24, 2.45) is 0 Å². The molecule has 0 bridgehead atoms. The second kappa shape index (κ2) is 13.4. The van der Waals surface area contributed by atoms with Crippen LogP contribution >= 0.6 is 7.92 Å². The summed E-state index contributed by atoms with van der Waals surface area (Å²) in [5.41, 5.74) is 1.02. The summed E-state index contributed by atoms with van der Waals surface area (Å²) in [4.78, 5) is 8.90. The van der Waals surface area contributed by atoms with Gasteiger partial charge in [-0.05, 0) is 37.2 Å². The second-order valence-corrected chi connectivity index (χ2v) is 8.14. The smallest absolute Gasteiger partial charge is 0.475 e. The Morgan fingerprint density at radius 1 is 1.05 bits per heavy atom. The van der Waals surface area contributed by atoms with E-state index in [1.807, 2.05) is 0 Å². The zero-order valence-electron chi connectivity index (χ0n) is 13.7. The topological polar surface area (TPSA) is 37.3 Å². The van der Waals surface area contributed by atoms with E-state index in [0.717, 1.165) is 5.66 Å². The highest BCUT2D eigenvalue weighted by Crippen LogP contribution is 2.44. The van der Waals surface area contributed by atoms with Crippen molar-refractivity contribution < 1.29 is 23.1 Å². The summed E-state index contributed by atoms with van der Waals surface area (Å²) in [6.07, 6.45) is 6.50. The maximum absolute atomic E-state index is 10.6. The van der Waals surface area contributed by atoms with Crippen LogP contribution in [0.5, 0.6) is 0 Å². The number of carboxylic acid groups (broad SMARTS) is 1. The van der Waals surface area contributed by atoms with E-state index in [0.29, 0.717) is 7.92 Å². The van der Waals surface area contributed by atoms with Crippen LogP contribution in [0.15, 0.2) is 0 Å². The van der Waals surface area contributed by atoms with Gasteiger partial charge >= 0.3 is 12.1 Å². The summed E-state index contributed by atoms with van der Waals surface area (Å²) in [6.45, 7) is 9.44. The highest BCUT2D eigenvalue weighted by atomic mass is 31.1. The molecule has 0 radical (unpaired) electrons. The van der Waals surface area contributed by atoms with Crippen molar-refractivity contribution in [3.63, 3.8) is 0 Å². The minimum absolute atomic E-state index is 0.360. The Morgan fingerprint density at radius 3 is 1.67 bits per heavy atom. The molecular formula is C15H30F3O2P. The molecular weight excluding hydrogens is 300 g/mol. The average molecular weight is 330 g/mol. The molecule has 0 aliphatic heterocycles. The maximum atomic E-state index is 10.6. The Balaban J connectivity index is 0. The molecule has 21 heavy (non-hydrogen) atoms. The van der Waals surface area contributed by atoms with Gasteiger partial charge in [0.2, 0.25) is 0 Å². The number of rotatable bonds is 9. The summed E-state index contributed by atoms with van der Waals surface area (Å²) >= 11 is 0. The molecule has 1 unspecified atom stereocenters. The molecule has 0 aromatic rings. The Hall–Kier alpha value is -0.310. The lowest BCUT2D eigenvalue weighted by Gasteiger charge is -2.24. The van der Waals surface area contributed by atoms with Crippen molar-refractivity contribution in [3.05, 3.63) is 0 Å². The van der Waals surface area contributed by atoms with Gasteiger partial charge < -0.3 is 5.11 Å². The van der Waals surface area contributed by atoms with Crippen LogP contribution < -0.4 is 0 Å². The predicted octanol–water partition coefficient (Wildman–Crippen LogP) is 5.89. The molecule has 0 spiro atoms. The van der Waals surface area contributed by atoms with Crippen LogP contribution in [-0.2, 0) is 4.79 Å². The minimum Gasteiger partial charge on any atom is -0.475 e. The summed E-state index contributed by atoms with van der Waals surface area (Å²) in [7, 11) is 0.360. The van der Waals surface area contributed by atoms with E-state index in [2.05, 4.69) is 27.7 Å². The third-order valence-electron chi connectivity index (χ3n) is 3.17. The first kappa shape index (κ1) is 23.0. The summed E-state index contributed by atoms with van der Waals surface area (Å²) in [5.74, 6) is -2.76. The van der Waals surface area contributed by atoms with Crippen LogP contribution in [0.4, 0.5) is 13.2 Å². The van der Waals surface area contributed by atoms with E-state index in [-0.39, 0.29) is 0 Å². The van der Waals surface area contributed by atoms with Crippen molar-refractivity contribution in [1.29, 1.82) is 0 Å². The monoisotopic (exact) mass is 330 g/mol. The van der Waals surface area contributed by atoms with E-state index in [1.165, 1.54) is 50.8 Å². The van der Waals surface area contributed by atoms with E-state index < -0.39 is 12.1 Å². The molecule has 0 saturated heterocycles. The molecule has 0 heterocycles. The predicted molar refractivity (Wildman–Crippen MR) is 84.5 cm³/mol. The SMILES string of the molecule is CCCCP(CCCC)C(C)CCC.O=C(O)C(F)(F)F. The Kier molecular flexibility index (Phi) is 14.6. The van der Waals surface area contributed by atoms with Crippen LogP contribution in [0.3, 0.4) is 0 Å². The number of alkyl halides is 3. The van der Waals surface area contributed by atoms with E-state index in [1.54, 1.807) is 0 Å². The number of halogens is 3. The fourth-order valence-corrected chi connectivity index (χ4v) is 5.05. The van der Waals surface area contributed by atoms with Gasteiger partial charge in [0.25, 0.3) is 0 Å². The number of hydrogen-bond acceptors (Lipinski definition) is 1. The molecule has 0 aromatic heterocycles. The molecule has 1 N–H and O–H groups in total. The van der Waals surface area contributed by atoms with Crippen LogP contribution in [-0.4, -0.2) is 35.2 Å². The van der Waals surface area contributed by atoms with Crippen LogP contribution in [0.25, 0.3) is 0 Å². The first-order valence-electron chi connectivity index (χ1n) is 7.74. The molecule has 128 valence electrons. The van der Waals surface area contributed by atoms with Gasteiger partial charge in [-0.2, -0.15) is 13.2 Å². The Morgan fingerprint density at radius 2 is 1.43 bits per heavy atom. The van der Waals surface area contributed by atoms with Crippen LogP contribution in [0.1, 0.15) is 66.2 Å². The summed E-state index contributed by atoms with van der Waals surface area (Å²) in [5, 5.41) is 7.12. The van der Waals surface area contributed by atoms with Gasteiger partial charge in [-0.25, -0.2) is 4.79 Å². The molecule has 0 fully saturated rings. The lowest BCUT2D eigenvalue weighted by Crippen LogP contribution is -2.21. The highest BCUT2D eigenvalue weighted by Gasteiger charge is 2.38. The number of carbonyl (C=O) groups is 1. The van der Waals surface area contributed by atoms with Gasteiger partial charge in [0.05, 0.1) is 0 Å². The fraction of sp³-hybridized carbons (Fsp3) is 0.933. The Bertz CT molecular complexity index is 250. The third-order valence-corrected chi connectivity index (χ3v) is 6.46. The highest BCUT2D eigenvalue weighted by molar-refractivity contribution is 7.58. The molecule has 2 nitrogen and oxygen atoms in total. The van der Waals surface area contributed by atoms with Crippen LogP contribution in [0, 0.1) is 0 Å². The Labute approximate surface area is 128 Å². The summed E-state index contributed by atoms with van der Waals surface area (Å²) < 4.78 is 31.7. The van der Waals surface area contributed by atoms with E-state index in [4.69, 9.17) is 9.90 Å². The molecule has 0 aromatic carbocycles. The number of hydrogen-bond donors (Lipinski definition) is 1. The number of unbranched alkanes of at least 4 members (excludes halogenated alkanes) is 2. The third kappa shape index (κ3) is 14.4. The lowest BCUT2D eigenvalue weighted by atomic mass is 10.3. The molecule has 0 aliphatic rings. The van der Waals surface area contributed by atoms with Gasteiger partial charge in [0.1, 0.15) is 0 Å². The van der Waals surface area contributed by atoms with Crippen molar-refractivity contribution in [2.75, 3.05) is 12.3 Å². The number of aliphatic carboxylic acids is 1. The normalized spacial score (nSPS) is 12.8. The zero-order chi connectivity index (χ0) is 16.9. The largest absolute Gasteiger partial charge is 0.490 e. The van der Waals surface area contributed by atoms with E-state index in [9.17, 15) is 13.2 Å². The summed E-state index contributed by atoms with van der Waals surface area (Å²) in [6, 6.07) is 0. The molecule has 1 atom stereocenters. The van der Waals surface area contributed by atoms with E-state index >= 15 is 0 Å². The lowest BCUT2D eigenvalue weighted by molar-refractivity contribution is -0.192. The number of carboxylic acids is 1. The second-order valence-electron chi connectivity index (χ2n) is 5.18. The van der Waals surface area contributed by atoms with Crippen molar-refractivity contribution in [2.45, 2.75) is 78.1 Å². The van der Waals surface area contributed by atoms with Gasteiger partial charge in [0, 0.05) is 0 Å². The molecule has 0 amide bonds. The van der Waals surface area contributed by atoms with Gasteiger partial charge in [-0.1, -0.05) is 47.0 Å². The van der Waals surface area contributed by atoms with Gasteiger partial charge in [-0.15, -0.1) is 7.92 Å². The average Bonchev–Trinajstić information content (AvgIpc) is 2.38. The van der Waals surface area contributed by atoms with Crippen molar-refractivity contribution >= 4 is 13.9 Å². The molecule has 0 rings (SSSR count). The zero-order valence-corrected chi connectivity index (χ0v) is 14.6. The fourth-order valence-electron chi connectivity index (χ4n) is 1.88. The van der Waals surface area contributed by atoms with Gasteiger partial charge in [-0.3, -0.25) is 0 Å². The van der Waals surface area contributed by atoms with Crippen molar-refractivity contribution in [1.82, 2.24) is 0 Å². The maximum Gasteiger partial charge on any atom is 0.490 e. The van der Waals surface area contributed by atoms with Gasteiger partial charge in [0.15, 0.2) is 0 Å². The standard InChI is InChI=1S/C13H29P.C2HF3O2/c1-5-8-11-14(12-9-6-2)13(4)10-7-3;3-2(4,5)1(6)7/h13H,5-12H2,1-4H3;(H,6,7). The molecule has 0 aliphatic carbocycles. The quantitative estimate of drug-likeness (QED) is 0.535. The minimum atomic E-state index is -5.08. The molecule has 6 heteroatoms. The first-order chi connectivity index (χ1) is 9.70. The first-order valence-corrected chi connectivity index (χ1v) is 9.52. The molecule has 0 saturated carbocycles.